The Hall–Kier alpha value is -0.910. The molecule has 0 spiro atoms. The van der Waals surface area contributed by atoms with Gasteiger partial charge >= 0.3 is 5.97 Å². The minimum atomic E-state index is -0.393. The predicted molar refractivity (Wildman–Crippen MR) is 61.7 cm³/mol. The zero-order chi connectivity index (χ0) is 11.4. The fourth-order valence-corrected chi connectivity index (χ4v) is 1.59. The van der Waals surface area contributed by atoms with Crippen molar-refractivity contribution in [3.05, 3.63) is 30.7 Å². The average Bonchev–Trinajstić information content (AvgIpc) is 2.66. The monoisotopic (exact) mass is 242 g/mol. The molecule has 0 saturated heterocycles. The van der Waals surface area contributed by atoms with E-state index < -0.39 is 6.29 Å². The Morgan fingerprint density at radius 2 is 2.44 bits per heavy atom. The van der Waals surface area contributed by atoms with Crippen LogP contribution in [-0.4, -0.2) is 31.1 Å². The van der Waals surface area contributed by atoms with Crippen molar-refractivity contribution < 1.29 is 18.1 Å². The van der Waals surface area contributed by atoms with Crippen molar-refractivity contribution in [1.29, 1.82) is 0 Å². The second kappa shape index (κ2) is 5.43. The van der Waals surface area contributed by atoms with E-state index in [1.807, 2.05) is 31.6 Å². The normalized spacial score (nSPS) is 35.1. The first-order valence-corrected chi connectivity index (χ1v) is 5.46. The van der Waals surface area contributed by atoms with E-state index in [0.717, 1.165) is 0 Å². The number of carbonyl (C=O) groups excluding carboxylic acids is 1. The molecule has 5 heteroatoms. The molecule has 0 aromatic carbocycles. The quantitative estimate of drug-likeness (QED) is 0.267. The second-order valence-electron chi connectivity index (χ2n) is 3.54. The van der Waals surface area contributed by atoms with Crippen molar-refractivity contribution in [2.75, 3.05) is 6.61 Å². The van der Waals surface area contributed by atoms with Gasteiger partial charge in [-0.05, 0) is 19.0 Å². The molecule has 0 aromatic heterocycles. The highest BCUT2D eigenvalue weighted by Crippen LogP contribution is 2.12. The Labute approximate surface area is 100 Å². The van der Waals surface area contributed by atoms with Crippen LogP contribution in [0.1, 0.15) is 6.92 Å². The van der Waals surface area contributed by atoms with Crippen molar-refractivity contribution in [2.24, 2.45) is 0 Å². The minimum absolute atomic E-state index is 0.0533. The van der Waals surface area contributed by atoms with Crippen molar-refractivity contribution >= 4 is 18.9 Å². The molecule has 0 amide bonds. The summed E-state index contributed by atoms with van der Waals surface area (Å²) in [7, 11) is 0. The molecule has 0 aliphatic carbocycles. The Bertz CT molecular complexity index is 324. The van der Waals surface area contributed by atoms with E-state index in [9.17, 15) is 0 Å². The van der Waals surface area contributed by atoms with Crippen LogP contribution in [0.2, 0.25) is 0 Å². The minimum Gasteiger partial charge on any atom is -0.342 e. The third-order valence-corrected chi connectivity index (χ3v) is 2.33. The second-order valence-corrected chi connectivity index (χ2v) is 3.79. The van der Waals surface area contributed by atoms with E-state index in [0.29, 0.717) is 12.6 Å². The van der Waals surface area contributed by atoms with Gasteiger partial charge in [0.15, 0.2) is 0 Å². The number of rotatable bonds is 3. The van der Waals surface area contributed by atoms with Gasteiger partial charge < -0.3 is 13.7 Å². The van der Waals surface area contributed by atoms with Crippen LogP contribution in [0.3, 0.4) is 0 Å². The maximum absolute atomic E-state index is 5.50. The van der Waals surface area contributed by atoms with Gasteiger partial charge in [-0.3, -0.25) is 4.42 Å². The van der Waals surface area contributed by atoms with Crippen molar-refractivity contribution in [1.82, 2.24) is 0 Å². The molecule has 88 valence electrons. The van der Waals surface area contributed by atoms with E-state index in [1.165, 1.54) is 0 Å². The van der Waals surface area contributed by atoms with Gasteiger partial charge in [0.2, 0.25) is 6.10 Å². The Morgan fingerprint density at radius 3 is 3.19 bits per heavy atom. The van der Waals surface area contributed by atoms with Gasteiger partial charge in [0.1, 0.15) is 6.61 Å². The molecule has 0 radical (unpaired) electrons. The Balaban J connectivity index is 1.89. The number of hydrogen-bond donors (Lipinski definition) is 1. The third kappa shape index (κ3) is 3.04. The molecule has 2 rings (SSSR count). The number of thiol groups is 1. The maximum atomic E-state index is 5.50. The van der Waals surface area contributed by atoms with Crippen molar-refractivity contribution in [3.63, 3.8) is 0 Å². The molecule has 0 N–H and O–H groups in total. The van der Waals surface area contributed by atoms with Crippen LogP contribution in [-0.2, 0) is 18.1 Å². The summed E-state index contributed by atoms with van der Waals surface area (Å²) in [5, 5.41) is 0. The number of esters is 1. The lowest BCUT2D eigenvalue weighted by Gasteiger charge is -2.22. The van der Waals surface area contributed by atoms with Crippen LogP contribution in [0, 0.1) is 6.42 Å². The number of cyclic esters (lactones) is 1. The molecule has 2 aliphatic rings. The van der Waals surface area contributed by atoms with Gasteiger partial charge in [0.25, 0.3) is 6.29 Å². The zero-order valence-electron chi connectivity index (χ0n) is 8.91. The predicted octanol–water partition coefficient (Wildman–Crippen LogP) is 1.37. The Kier molecular flexibility index (Phi) is 3.93. The first kappa shape index (κ1) is 11.6. The molecule has 3 atom stereocenters. The highest BCUT2D eigenvalue weighted by atomic mass is 32.1. The fourth-order valence-electron chi connectivity index (χ4n) is 1.44. The number of hydrogen-bond acceptors (Lipinski definition) is 4. The molecule has 0 bridgehead atoms. The summed E-state index contributed by atoms with van der Waals surface area (Å²) in [4.78, 5) is 0. The largest absolute Gasteiger partial charge is 0.514 e. The van der Waals surface area contributed by atoms with Crippen LogP contribution in [0.5, 0.6) is 0 Å². The van der Waals surface area contributed by atoms with E-state index in [4.69, 9.17) is 13.9 Å². The SMILES string of the molecule is C[C@@H]1C=C[CH-][C@@H]([O+]=C2C=C[C@@H](COS)O2)O1. The molecule has 2 aliphatic heterocycles. The van der Waals surface area contributed by atoms with Gasteiger partial charge in [-0.2, -0.15) is 0 Å². The first-order valence-electron chi connectivity index (χ1n) is 5.10. The van der Waals surface area contributed by atoms with Crippen LogP contribution >= 0.6 is 12.9 Å². The highest BCUT2D eigenvalue weighted by molar-refractivity contribution is 7.75. The maximum Gasteiger partial charge on any atom is 0.514 e. The average molecular weight is 242 g/mol. The van der Waals surface area contributed by atoms with E-state index in [-0.39, 0.29) is 12.2 Å². The lowest BCUT2D eigenvalue weighted by Crippen LogP contribution is -2.25. The summed E-state index contributed by atoms with van der Waals surface area (Å²) in [6.45, 7) is 2.34. The summed E-state index contributed by atoms with van der Waals surface area (Å²) >= 11 is 3.66. The molecule has 0 fully saturated rings. The summed E-state index contributed by atoms with van der Waals surface area (Å²) in [6, 6.07) is 0. The van der Waals surface area contributed by atoms with Crippen LogP contribution in [0.15, 0.2) is 24.3 Å². The number of ether oxygens (including phenoxy) is 2. The third-order valence-electron chi connectivity index (χ3n) is 2.18. The standard InChI is InChI=1S/C11H14O4S/c1-8-3-2-4-10(13-8)15-11-6-5-9(14-11)7-12-16/h2-6,8-10,16H,7H2,1H3/t8-,9+,10-/m1/s1. The van der Waals surface area contributed by atoms with Gasteiger partial charge in [0.05, 0.1) is 6.08 Å². The van der Waals surface area contributed by atoms with E-state index in [2.05, 4.69) is 17.1 Å². The summed E-state index contributed by atoms with van der Waals surface area (Å²) in [6.07, 6.45) is 8.84. The van der Waals surface area contributed by atoms with E-state index in [1.54, 1.807) is 6.08 Å². The summed E-state index contributed by atoms with van der Waals surface area (Å²) in [5.74, 6) is 0.444. The molecular weight excluding hydrogens is 228 g/mol. The lowest BCUT2D eigenvalue weighted by atomic mass is 10.2. The first-order chi connectivity index (χ1) is 7.78. The van der Waals surface area contributed by atoms with Crippen LogP contribution in [0.4, 0.5) is 0 Å². The van der Waals surface area contributed by atoms with Gasteiger partial charge in [-0.25, -0.2) is 12.2 Å². The van der Waals surface area contributed by atoms with E-state index >= 15 is 0 Å². The van der Waals surface area contributed by atoms with Gasteiger partial charge in [0, 0.05) is 6.10 Å². The van der Waals surface area contributed by atoms with Crippen LogP contribution in [0.25, 0.3) is 0 Å². The van der Waals surface area contributed by atoms with Crippen LogP contribution < -0.4 is 0 Å². The molecule has 16 heavy (non-hydrogen) atoms. The van der Waals surface area contributed by atoms with Gasteiger partial charge in [-0.1, -0.05) is 6.92 Å². The zero-order valence-corrected chi connectivity index (χ0v) is 9.80. The highest BCUT2D eigenvalue weighted by Gasteiger charge is 2.28. The lowest BCUT2D eigenvalue weighted by molar-refractivity contribution is -0.560. The van der Waals surface area contributed by atoms with Crippen molar-refractivity contribution in [2.45, 2.75) is 25.4 Å². The fraction of sp³-hybridized carbons (Fsp3) is 0.455. The van der Waals surface area contributed by atoms with Crippen molar-refractivity contribution in [3.8, 4) is 0 Å². The summed E-state index contributed by atoms with van der Waals surface area (Å²) in [5.41, 5.74) is 0. The molecule has 2 heterocycles. The topological polar surface area (TPSA) is 39.0 Å². The molecule has 0 saturated carbocycles. The summed E-state index contributed by atoms with van der Waals surface area (Å²) < 4.78 is 21.1. The van der Waals surface area contributed by atoms with Gasteiger partial charge in [-0.15, -0.1) is 6.42 Å². The molecule has 0 unspecified atom stereocenters. The molecule has 4 nitrogen and oxygen atoms in total. The smallest absolute Gasteiger partial charge is 0.342 e. The Morgan fingerprint density at radius 1 is 1.56 bits per heavy atom. The molecular formula is C11H14O4S. The molecule has 0 aromatic rings.